The zero-order chi connectivity index (χ0) is 18.1. The number of aromatic nitrogens is 3. The Morgan fingerprint density at radius 1 is 1.15 bits per heavy atom. The van der Waals surface area contributed by atoms with Crippen molar-refractivity contribution in [2.45, 2.75) is 19.4 Å². The van der Waals surface area contributed by atoms with Gasteiger partial charge in [-0.15, -0.1) is 0 Å². The standard InChI is InChI=1S/C20H16N4OS/c1-13-2-4-14(5-3-13)10-18(25)19-23-24-17(12-22-20(24)26-19)16-8-6-15(11-21)7-9-16/h2-9,12,18,25H,10H2,1H3. The quantitative estimate of drug-likeness (QED) is 0.599. The normalized spacial score (nSPS) is 12.2. The highest BCUT2D eigenvalue weighted by Gasteiger charge is 2.17. The molecular weight excluding hydrogens is 344 g/mol. The van der Waals surface area contributed by atoms with Gasteiger partial charge in [-0.3, -0.25) is 0 Å². The van der Waals surface area contributed by atoms with Crippen LogP contribution in [0.4, 0.5) is 0 Å². The van der Waals surface area contributed by atoms with E-state index in [1.807, 2.05) is 43.3 Å². The number of imidazole rings is 1. The van der Waals surface area contributed by atoms with Crippen molar-refractivity contribution in [3.63, 3.8) is 0 Å². The molecule has 1 N–H and O–H groups in total. The number of fused-ring (bicyclic) bond motifs is 1. The molecule has 5 nitrogen and oxygen atoms in total. The SMILES string of the molecule is Cc1ccc(CC(O)c2nn3c(-c4ccc(C#N)cc4)cnc3s2)cc1. The first kappa shape index (κ1) is 16.5. The van der Waals surface area contributed by atoms with Crippen molar-refractivity contribution in [1.29, 1.82) is 5.26 Å². The van der Waals surface area contributed by atoms with Crippen molar-refractivity contribution < 1.29 is 5.11 Å². The smallest absolute Gasteiger partial charge is 0.212 e. The molecule has 0 aliphatic heterocycles. The van der Waals surface area contributed by atoms with E-state index in [0.29, 0.717) is 17.0 Å². The Labute approximate surface area is 154 Å². The largest absolute Gasteiger partial charge is 0.385 e. The zero-order valence-electron chi connectivity index (χ0n) is 14.1. The third-order valence-corrected chi connectivity index (χ3v) is 5.27. The maximum atomic E-state index is 10.6. The first-order valence-corrected chi connectivity index (χ1v) is 9.04. The minimum Gasteiger partial charge on any atom is -0.385 e. The number of aliphatic hydroxyl groups excluding tert-OH is 1. The number of aryl methyl sites for hydroxylation is 1. The van der Waals surface area contributed by atoms with Gasteiger partial charge in [0.15, 0.2) is 0 Å². The molecule has 0 aliphatic rings. The van der Waals surface area contributed by atoms with Crippen molar-refractivity contribution >= 4 is 16.3 Å². The Morgan fingerprint density at radius 3 is 2.58 bits per heavy atom. The van der Waals surface area contributed by atoms with E-state index in [0.717, 1.165) is 21.8 Å². The van der Waals surface area contributed by atoms with Gasteiger partial charge in [0, 0.05) is 12.0 Å². The molecule has 26 heavy (non-hydrogen) atoms. The summed E-state index contributed by atoms with van der Waals surface area (Å²) in [6.07, 6.45) is 1.61. The molecule has 0 fully saturated rings. The molecule has 0 radical (unpaired) electrons. The maximum Gasteiger partial charge on any atom is 0.212 e. The molecule has 2 aromatic carbocycles. The third-order valence-electron chi connectivity index (χ3n) is 4.25. The van der Waals surface area contributed by atoms with Crippen LogP contribution < -0.4 is 0 Å². The average molecular weight is 360 g/mol. The van der Waals surface area contributed by atoms with Gasteiger partial charge >= 0.3 is 0 Å². The van der Waals surface area contributed by atoms with Gasteiger partial charge in [-0.05, 0) is 24.6 Å². The van der Waals surface area contributed by atoms with E-state index in [1.165, 1.54) is 16.9 Å². The van der Waals surface area contributed by atoms with Crippen LogP contribution in [0.2, 0.25) is 0 Å². The Kier molecular flexibility index (Phi) is 4.25. The molecule has 0 amide bonds. The highest BCUT2D eigenvalue weighted by Crippen LogP contribution is 2.28. The van der Waals surface area contributed by atoms with Gasteiger partial charge in [-0.1, -0.05) is 53.3 Å². The molecule has 4 rings (SSSR count). The first-order chi connectivity index (χ1) is 12.6. The summed E-state index contributed by atoms with van der Waals surface area (Å²) in [4.78, 5) is 5.14. The van der Waals surface area contributed by atoms with Gasteiger partial charge in [0.05, 0.1) is 23.5 Å². The third kappa shape index (κ3) is 3.10. The molecule has 0 saturated carbocycles. The topological polar surface area (TPSA) is 74.2 Å². The van der Waals surface area contributed by atoms with E-state index in [2.05, 4.69) is 16.2 Å². The molecule has 0 spiro atoms. The van der Waals surface area contributed by atoms with Crippen LogP contribution in [0.1, 0.15) is 27.8 Å². The van der Waals surface area contributed by atoms with Gasteiger partial charge in [0.25, 0.3) is 0 Å². The molecule has 4 aromatic rings. The number of benzene rings is 2. The molecule has 128 valence electrons. The second-order valence-electron chi connectivity index (χ2n) is 6.17. The Hall–Kier alpha value is -3.01. The Balaban J connectivity index is 1.62. The Bertz CT molecular complexity index is 1090. The van der Waals surface area contributed by atoms with Crippen LogP contribution in [-0.4, -0.2) is 19.7 Å². The fraction of sp³-hybridized carbons (Fsp3) is 0.150. The number of hydrogen-bond acceptors (Lipinski definition) is 5. The Morgan fingerprint density at radius 2 is 1.88 bits per heavy atom. The lowest BCUT2D eigenvalue weighted by atomic mass is 10.1. The van der Waals surface area contributed by atoms with Gasteiger partial charge in [0.2, 0.25) is 4.96 Å². The molecule has 2 heterocycles. The van der Waals surface area contributed by atoms with Crippen molar-refractivity contribution in [2.75, 3.05) is 0 Å². The summed E-state index contributed by atoms with van der Waals surface area (Å²) in [5.74, 6) is 0. The fourth-order valence-corrected chi connectivity index (χ4v) is 3.65. The monoisotopic (exact) mass is 360 g/mol. The van der Waals surface area contributed by atoms with Gasteiger partial charge < -0.3 is 5.11 Å². The van der Waals surface area contributed by atoms with Crippen LogP contribution >= 0.6 is 11.3 Å². The van der Waals surface area contributed by atoms with E-state index < -0.39 is 6.10 Å². The minimum atomic E-state index is -0.668. The summed E-state index contributed by atoms with van der Waals surface area (Å²) in [5, 5.41) is 24.7. The molecule has 6 heteroatoms. The minimum absolute atomic E-state index is 0.517. The van der Waals surface area contributed by atoms with E-state index in [-0.39, 0.29) is 0 Å². The summed E-state index contributed by atoms with van der Waals surface area (Å²) in [6, 6.07) is 17.6. The van der Waals surface area contributed by atoms with Crippen molar-refractivity contribution in [3.05, 3.63) is 76.4 Å². The van der Waals surface area contributed by atoms with Crippen molar-refractivity contribution in [1.82, 2.24) is 14.6 Å². The number of hydrogen-bond donors (Lipinski definition) is 1. The molecule has 0 bridgehead atoms. The average Bonchev–Trinajstić information content (AvgIpc) is 3.24. The molecule has 0 saturated heterocycles. The van der Waals surface area contributed by atoms with Crippen LogP contribution in [0.5, 0.6) is 0 Å². The summed E-state index contributed by atoms with van der Waals surface area (Å²) in [7, 11) is 0. The maximum absolute atomic E-state index is 10.6. The van der Waals surface area contributed by atoms with Crippen LogP contribution in [0.25, 0.3) is 16.2 Å². The number of nitrogens with zero attached hydrogens (tertiary/aromatic N) is 4. The van der Waals surface area contributed by atoms with E-state index in [1.54, 1.807) is 22.8 Å². The number of rotatable bonds is 4. The van der Waals surface area contributed by atoms with E-state index in [4.69, 9.17) is 5.26 Å². The van der Waals surface area contributed by atoms with Gasteiger partial charge in [0.1, 0.15) is 11.1 Å². The number of aliphatic hydroxyl groups is 1. The van der Waals surface area contributed by atoms with Gasteiger partial charge in [-0.25, -0.2) is 9.50 Å². The summed E-state index contributed by atoms with van der Waals surface area (Å²) in [6.45, 7) is 2.04. The highest BCUT2D eigenvalue weighted by molar-refractivity contribution is 7.16. The predicted octanol–water partition coefficient (Wildman–Crippen LogP) is 3.91. The summed E-state index contributed by atoms with van der Waals surface area (Å²) >= 11 is 1.39. The lowest BCUT2D eigenvalue weighted by Crippen LogP contribution is -2.02. The highest BCUT2D eigenvalue weighted by atomic mass is 32.1. The summed E-state index contributed by atoms with van der Waals surface area (Å²) < 4.78 is 1.75. The number of nitriles is 1. The zero-order valence-corrected chi connectivity index (χ0v) is 14.9. The second-order valence-corrected chi connectivity index (χ2v) is 7.16. The fourth-order valence-electron chi connectivity index (χ4n) is 2.79. The molecular formula is C20H16N4OS. The lowest BCUT2D eigenvalue weighted by Gasteiger charge is -2.07. The molecule has 1 atom stereocenters. The van der Waals surface area contributed by atoms with Gasteiger partial charge in [-0.2, -0.15) is 10.4 Å². The predicted molar refractivity (Wildman–Crippen MR) is 101 cm³/mol. The first-order valence-electron chi connectivity index (χ1n) is 8.22. The van der Waals surface area contributed by atoms with Crippen LogP contribution in [0, 0.1) is 18.3 Å². The van der Waals surface area contributed by atoms with Crippen molar-refractivity contribution in [3.8, 4) is 17.3 Å². The lowest BCUT2D eigenvalue weighted by molar-refractivity contribution is 0.177. The van der Waals surface area contributed by atoms with E-state index in [9.17, 15) is 5.11 Å². The summed E-state index contributed by atoms with van der Waals surface area (Å²) in [5.41, 5.74) is 4.66. The van der Waals surface area contributed by atoms with Crippen LogP contribution in [0.3, 0.4) is 0 Å². The van der Waals surface area contributed by atoms with Crippen LogP contribution in [-0.2, 0) is 6.42 Å². The molecule has 1 unspecified atom stereocenters. The second kappa shape index (κ2) is 6.71. The molecule has 2 aromatic heterocycles. The van der Waals surface area contributed by atoms with E-state index >= 15 is 0 Å². The van der Waals surface area contributed by atoms with Crippen LogP contribution in [0.15, 0.2) is 54.7 Å². The molecule has 0 aliphatic carbocycles. The van der Waals surface area contributed by atoms with Crippen molar-refractivity contribution in [2.24, 2.45) is 0 Å².